The number of carbonyl (C=O) groups is 1. The first-order valence-corrected chi connectivity index (χ1v) is 5.71. The Morgan fingerprint density at radius 1 is 1.31 bits per heavy atom. The minimum atomic E-state index is -0.224. The SMILES string of the molecule is CC(C)Nc1ccc(CCCC(N)=O)cc1. The number of aryl methyl sites for hydroxylation is 1. The second-order valence-electron chi connectivity index (χ2n) is 4.32. The van der Waals surface area contributed by atoms with Gasteiger partial charge < -0.3 is 11.1 Å². The monoisotopic (exact) mass is 220 g/mol. The van der Waals surface area contributed by atoms with E-state index in [0.29, 0.717) is 12.5 Å². The molecular weight excluding hydrogens is 200 g/mol. The molecule has 3 heteroatoms. The number of benzene rings is 1. The molecule has 3 nitrogen and oxygen atoms in total. The Morgan fingerprint density at radius 2 is 1.94 bits per heavy atom. The van der Waals surface area contributed by atoms with Crippen molar-refractivity contribution in [2.45, 2.75) is 39.2 Å². The zero-order valence-electron chi connectivity index (χ0n) is 9.99. The van der Waals surface area contributed by atoms with Gasteiger partial charge in [0, 0.05) is 18.2 Å². The number of amides is 1. The molecule has 0 bridgehead atoms. The van der Waals surface area contributed by atoms with Gasteiger partial charge in [0.25, 0.3) is 0 Å². The van der Waals surface area contributed by atoms with E-state index < -0.39 is 0 Å². The standard InChI is InChI=1S/C13H20N2O/c1-10(2)15-12-8-6-11(7-9-12)4-3-5-13(14)16/h6-10,15H,3-5H2,1-2H3,(H2,14,16). The van der Waals surface area contributed by atoms with Crippen LogP contribution < -0.4 is 11.1 Å². The van der Waals surface area contributed by atoms with Crippen molar-refractivity contribution in [1.29, 1.82) is 0 Å². The van der Waals surface area contributed by atoms with Gasteiger partial charge in [0.1, 0.15) is 0 Å². The van der Waals surface area contributed by atoms with E-state index in [-0.39, 0.29) is 5.91 Å². The van der Waals surface area contributed by atoms with Crippen LogP contribution in [0.2, 0.25) is 0 Å². The molecule has 0 heterocycles. The van der Waals surface area contributed by atoms with Gasteiger partial charge in [-0.3, -0.25) is 4.79 Å². The number of carbonyl (C=O) groups excluding carboxylic acids is 1. The zero-order valence-corrected chi connectivity index (χ0v) is 9.99. The van der Waals surface area contributed by atoms with Crippen LogP contribution in [-0.2, 0) is 11.2 Å². The second-order valence-corrected chi connectivity index (χ2v) is 4.32. The van der Waals surface area contributed by atoms with E-state index in [2.05, 4.69) is 43.4 Å². The molecular formula is C13H20N2O. The van der Waals surface area contributed by atoms with Crippen LogP contribution in [0.1, 0.15) is 32.3 Å². The maximum Gasteiger partial charge on any atom is 0.217 e. The molecule has 0 atom stereocenters. The molecule has 88 valence electrons. The predicted molar refractivity (Wildman–Crippen MR) is 67.3 cm³/mol. The first-order chi connectivity index (χ1) is 7.58. The van der Waals surface area contributed by atoms with Crippen LogP contribution in [0, 0.1) is 0 Å². The molecule has 1 amide bonds. The molecule has 1 rings (SSSR count). The summed E-state index contributed by atoms with van der Waals surface area (Å²) in [5, 5.41) is 3.33. The zero-order chi connectivity index (χ0) is 12.0. The van der Waals surface area contributed by atoms with Gasteiger partial charge in [-0.25, -0.2) is 0 Å². The van der Waals surface area contributed by atoms with Crippen LogP contribution in [0.15, 0.2) is 24.3 Å². The van der Waals surface area contributed by atoms with Gasteiger partial charge in [0.2, 0.25) is 5.91 Å². The lowest BCUT2D eigenvalue weighted by molar-refractivity contribution is -0.118. The number of primary amides is 1. The molecule has 0 fully saturated rings. The third-order valence-corrected chi connectivity index (χ3v) is 2.30. The summed E-state index contributed by atoms with van der Waals surface area (Å²) in [6.45, 7) is 4.22. The summed E-state index contributed by atoms with van der Waals surface area (Å²) in [6, 6.07) is 8.76. The van der Waals surface area contributed by atoms with Crippen molar-refractivity contribution in [2.75, 3.05) is 5.32 Å². The van der Waals surface area contributed by atoms with Crippen molar-refractivity contribution < 1.29 is 4.79 Å². The summed E-state index contributed by atoms with van der Waals surface area (Å²) in [5.41, 5.74) is 7.47. The quantitative estimate of drug-likeness (QED) is 0.773. The lowest BCUT2D eigenvalue weighted by Gasteiger charge is -2.10. The number of nitrogens with two attached hydrogens (primary N) is 1. The van der Waals surface area contributed by atoms with Gasteiger partial charge >= 0.3 is 0 Å². The van der Waals surface area contributed by atoms with Gasteiger partial charge in [0.05, 0.1) is 0 Å². The summed E-state index contributed by atoms with van der Waals surface area (Å²) in [5.74, 6) is -0.224. The first kappa shape index (κ1) is 12.6. The number of anilines is 1. The fourth-order valence-electron chi connectivity index (χ4n) is 1.57. The topological polar surface area (TPSA) is 55.1 Å². The maximum atomic E-state index is 10.6. The molecule has 16 heavy (non-hydrogen) atoms. The second kappa shape index (κ2) is 6.16. The molecule has 3 N–H and O–H groups in total. The molecule has 0 spiro atoms. The molecule has 0 aromatic heterocycles. The van der Waals surface area contributed by atoms with Crippen molar-refractivity contribution in [2.24, 2.45) is 5.73 Å². The summed E-state index contributed by atoms with van der Waals surface area (Å²) in [6.07, 6.45) is 2.20. The van der Waals surface area contributed by atoms with E-state index >= 15 is 0 Å². The molecule has 0 saturated carbocycles. The smallest absolute Gasteiger partial charge is 0.217 e. The number of hydrogen-bond donors (Lipinski definition) is 2. The predicted octanol–water partition coefficient (Wildman–Crippen LogP) is 2.31. The third-order valence-electron chi connectivity index (χ3n) is 2.30. The molecule has 0 saturated heterocycles. The number of nitrogens with one attached hydrogen (secondary N) is 1. The molecule has 1 aromatic rings. The van der Waals surface area contributed by atoms with Crippen molar-refractivity contribution >= 4 is 11.6 Å². The van der Waals surface area contributed by atoms with E-state index in [4.69, 9.17) is 5.73 Å². The molecule has 0 aliphatic rings. The lowest BCUT2D eigenvalue weighted by Crippen LogP contribution is -2.10. The third kappa shape index (κ3) is 4.82. The Balaban J connectivity index is 2.42. The summed E-state index contributed by atoms with van der Waals surface area (Å²) in [7, 11) is 0. The molecule has 0 radical (unpaired) electrons. The van der Waals surface area contributed by atoms with Gasteiger partial charge in [-0.2, -0.15) is 0 Å². The summed E-state index contributed by atoms with van der Waals surface area (Å²) < 4.78 is 0. The number of rotatable bonds is 6. The average molecular weight is 220 g/mol. The van der Waals surface area contributed by atoms with E-state index in [1.165, 1.54) is 5.56 Å². The fourth-order valence-corrected chi connectivity index (χ4v) is 1.57. The number of hydrogen-bond acceptors (Lipinski definition) is 2. The van der Waals surface area contributed by atoms with E-state index in [0.717, 1.165) is 18.5 Å². The Hall–Kier alpha value is -1.51. The Labute approximate surface area is 97.0 Å². The minimum absolute atomic E-state index is 0.224. The van der Waals surface area contributed by atoms with Gasteiger partial charge in [-0.15, -0.1) is 0 Å². The van der Waals surface area contributed by atoms with Crippen LogP contribution >= 0.6 is 0 Å². The van der Waals surface area contributed by atoms with Crippen LogP contribution in [0.4, 0.5) is 5.69 Å². The highest BCUT2D eigenvalue weighted by Gasteiger charge is 1.98. The fraction of sp³-hybridized carbons (Fsp3) is 0.462. The molecule has 0 aliphatic heterocycles. The van der Waals surface area contributed by atoms with Crippen LogP contribution in [-0.4, -0.2) is 11.9 Å². The lowest BCUT2D eigenvalue weighted by atomic mass is 10.1. The van der Waals surface area contributed by atoms with Gasteiger partial charge in [-0.05, 0) is 44.4 Å². The van der Waals surface area contributed by atoms with Crippen LogP contribution in [0.25, 0.3) is 0 Å². The summed E-state index contributed by atoms with van der Waals surface area (Å²) in [4.78, 5) is 10.6. The van der Waals surface area contributed by atoms with Crippen molar-refractivity contribution in [1.82, 2.24) is 0 Å². The van der Waals surface area contributed by atoms with E-state index in [1.807, 2.05) is 0 Å². The Bertz CT molecular complexity index is 330. The van der Waals surface area contributed by atoms with Crippen LogP contribution in [0.3, 0.4) is 0 Å². The summed E-state index contributed by atoms with van der Waals surface area (Å²) >= 11 is 0. The molecule has 1 aromatic carbocycles. The first-order valence-electron chi connectivity index (χ1n) is 5.71. The Morgan fingerprint density at radius 3 is 2.44 bits per heavy atom. The van der Waals surface area contributed by atoms with E-state index in [1.54, 1.807) is 0 Å². The highest BCUT2D eigenvalue weighted by atomic mass is 16.1. The highest BCUT2D eigenvalue weighted by Crippen LogP contribution is 2.12. The minimum Gasteiger partial charge on any atom is -0.383 e. The van der Waals surface area contributed by atoms with Gasteiger partial charge in [0.15, 0.2) is 0 Å². The average Bonchev–Trinajstić information content (AvgIpc) is 2.19. The van der Waals surface area contributed by atoms with Crippen molar-refractivity contribution in [3.05, 3.63) is 29.8 Å². The van der Waals surface area contributed by atoms with Crippen LogP contribution in [0.5, 0.6) is 0 Å². The normalized spacial score (nSPS) is 10.4. The van der Waals surface area contributed by atoms with Crippen molar-refractivity contribution in [3.8, 4) is 0 Å². The van der Waals surface area contributed by atoms with E-state index in [9.17, 15) is 4.79 Å². The molecule has 0 aliphatic carbocycles. The largest absolute Gasteiger partial charge is 0.383 e. The molecule has 0 unspecified atom stereocenters. The van der Waals surface area contributed by atoms with Gasteiger partial charge in [-0.1, -0.05) is 12.1 Å². The Kier molecular flexibility index (Phi) is 4.83. The van der Waals surface area contributed by atoms with Crippen molar-refractivity contribution in [3.63, 3.8) is 0 Å². The highest BCUT2D eigenvalue weighted by molar-refractivity contribution is 5.73. The maximum absolute atomic E-state index is 10.6.